The van der Waals surface area contributed by atoms with Gasteiger partial charge in [-0.2, -0.15) is 0 Å². The Morgan fingerprint density at radius 2 is 1.88 bits per heavy atom. The first-order valence-corrected chi connectivity index (χ1v) is 9.34. The first kappa shape index (κ1) is 17.6. The highest BCUT2D eigenvalue weighted by molar-refractivity contribution is 7.14. The van der Waals surface area contributed by atoms with Crippen LogP contribution >= 0.6 is 22.9 Å². The molecular formula is C20H19ClN2OS. The lowest BCUT2D eigenvalue weighted by molar-refractivity contribution is -0.116. The minimum absolute atomic E-state index is 0.0315. The Morgan fingerprint density at radius 3 is 2.60 bits per heavy atom. The molecule has 1 aromatic heterocycles. The largest absolute Gasteiger partial charge is 0.302 e. The summed E-state index contributed by atoms with van der Waals surface area (Å²) in [6.45, 7) is 4.18. The van der Waals surface area contributed by atoms with Gasteiger partial charge in [-0.25, -0.2) is 4.98 Å². The fraction of sp³-hybridized carbons (Fsp3) is 0.200. The van der Waals surface area contributed by atoms with Crippen molar-refractivity contribution in [3.05, 3.63) is 69.6 Å². The highest BCUT2D eigenvalue weighted by atomic mass is 35.5. The third kappa shape index (κ3) is 4.68. The van der Waals surface area contributed by atoms with Gasteiger partial charge in [-0.3, -0.25) is 4.79 Å². The maximum absolute atomic E-state index is 12.1. The Labute approximate surface area is 156 Å². The number of nitrogens with one attached hydrogen (secondary N) is 1. The van der Waals surface area contributed by atoms with E-state index in [4.69, 9.17) is 11.6 Å². The molecule has 3 aromatic rings. The number of nitrogens with zero attached hydrogens (tertiary/aromatic N) is 1. The van der Waals surface area contributed by atoms with Crippen LogP contribution in [0, 0.1) is 13.8 Å². The van der Waals surface area contributed by atoms with Crippen LogP contribution < -0.4 is 5.32 Å². The van der Waals surface area contributed by atoms with Crippen molar-refractivity contribution in [1.82, 2.24) is 4.98 Å². The third-order valence-corrected chi connectivity index (χ3v) is 5.12. The van der Waals surface area contributed by atoms with E-state index < -0.39 is 0 Å². The topological polar surface area (TPSA) is 42.0 Å². The van der Waals surface area contributed by atoms with Gasteiger partial charge in [0.2, 0.25) is 5.91 Å². The summed E-state index contributed by atoms with van der Waals surface area (Å²) >= 11 is 7.31. The smallest absolute Gasteiger partial charge is 0.226 e. The van der Waals surface area contributed by atoms with E-state index in [2.05, 4.69) is 42.3 Å². The van der Waals surface area contributed by atoms with Crippen LogP contribution in [0.25, 0.3) is 11.3 Å². The molecule has 0 aliphatic rings. The molecule has 5 heteroatoms. The third-order valence-electron chi connectivity index (χ3n) is 4.11. The number of carbonyl (C=O) groups is 1. The Morgan fingerprint density at radius 1 is 1.12 bits per heavy atom. The number of carbonyl (C=O) groups excluding carboxylic acids is 1. The lowest BCUT2D eigenvalue weighted by atomic mass is 10.1. The summed E-state index contributed by atoms with van der Waals surface area (Å²) in [5.41, 5.74) is 5.55. The van der Waals surface area contributed by atoms with Crippen molar-refractivity contribution in [2.24, 2.45) is 0 Å². The van der Waals surface area contributed by atoms with Crippen molar-refractivity contribution in [2.75, 3.05) is 5.32 Å². The van der Waals surface area contributed by atoms with E-state index in [0.717, 1.165) is 16.8 Å². The minimum Gasteiger partial charge on any atom is -0.302 e. The molecule has 1 amide bonds. The molecule has 1 heterocycles. The van der Waals surface area contributed by atoms with E-state index in [0.29, 0.717) is 23.0 Å². The Kier molecular flexibility index (Phi) is 5.51. The molecule has 0 saturated carbocycles. The highest BCUT2D eigenvalue weighted by Crippen LogP contribution is 2.26. The number of benzene rings is 2. The maximum Gasteiger partial charge on any atom is 0.226 e. The second-order valence-corrected chi connectivity index (χ2v) is 7.31. The molecule has 25 heavy (non-hydrogen) atoms. The molecule has 128 valence electrons. The normalized spacial score (nSPS) is 10.7. The fourth-order valence-corrected chi connectivity index (χ4v) is 3.32. The molecule has 1 N–H and O–H groups in total. The van der Waals surface area contributed by atoms with Gasteiger partial charge in [-0.15, -0.1) is 11.3 Å². The van der Waals surface area contributed by atoms with Crippen molar-refractivity contribution in [3.63, 3.8) is 0 Å². The quantitative estimate of drug-likeness (QED) is 0.630. The zero-order valence-corrected chi connectivity index (χ0v) is 15.7. The predicted octanol–water partition coefficient (Wildman–Crippen LogP) is 5.65. The van der Waals surface area contributed by atoms with Gasteiger partial charge in [-0.05, 0) is 55.2 Å². The Balaban J connectivity index is 1.59. The predicted molar refractivity (Wildman–Crippen MR) is 105 cm³/mol. The van der Waals surface area contributed by atoms with Crippen LogP contribution in [0.4, 0.5) is 5.13 Å². The molecule has 3 rings (SSSR count). The fourth-order valence-electron chi connectivity index (χ4n) is 2.46. The van der Waals surface area contributed by atoms with Crippen LogP contribution in [-0.4, -0.2) is 10.9 Å². The molecule has 0 spiro atoms. The number of hydrogen-bond acceptors (Lipinski definition) is 3. The lowest BCUT2D eigenvalue weighted by Crippen LogP contribution is -2.12. The van der Waals surface area contributed by atoms with E-state index in [1.54, 1.807) is 0 Å². The molecule has 0 bridgehead atoms. The van der Waals surface area contributed by atoms with Crippen LogP contribution in [0.15, 0.2) is 47.8 Å². The second kappa shape index (κ2) is 7.81. The van der Waals surface area contributed by atoms with Crippen molar-refractivity contribution in [3.8, 4) is 11.3 Å². The highest BCUT2D eigenvalue weighted by Gasteiger charge is 2.09. The number of anilines is 1. The monoisotopic (exact) mass is 370 g/mol. The minimum atomic E-state index is -0.0315. The number of halogens is 1. The van der Waals surface area contributed by atoms with Gasteiger partial charge in [0.1, 0.15) is 0 Å². The van der Waals surface area contributed by atoms with Gasteiger partial charge < -0.3 is 5.32 Å². The lowest BCUT2D eigenvalue weighted by Gasteiger charge is -2.03. The summed E-state index contributed by atoms with van der Waals surface area (Å²) < 4.78 is 0. The first-order chi connectivity index (χ1) is 12.0. The number of thiazole rings is 1. The summed E-state index contributed by atoms with van der Waals surface area (Å²) in [5.74, 6) is -0.0315. The van der Waals surface area contributed by atoms with E-state index in [1.165, 1.54) is 22.5 Å². The van der Waals surface area contributed by atoms with Crippen molar-refractivity contribution in [2.45, 2.75) is 26.7 Å². The molecular weight excluding hydrogens is 352 g/mol. The van der Waals surface area contributed by atoms with E-state index in [1.807, 2.05) is 29.6 Å². The number of hydrogen-bond donors (Lipinski definition) is 1. The van der Waals surface area contributed by atoms with Crippen molar-refractivity contribution < 1.29 is 4.79 Å². The van der Waals surface area contributed by atoms with Crippen molar-refractivity contribution in [1.29, 1.82) is 0 Å². The molecule has 0 unspecified atom stereocenters. The standard InChI is InChI=1S/C20H19ClN2OS/c1-13-3-7-16(11-14(13)2)18-12-25-20(22-18)23-19(24)10-6-15-4-8-17(21)9-5-15/h3-5,7-9,11-12H,6,10H2,1-2H3,(H,22,23,24). The Bertz CT molecular complexity index is 887. The number of aromatic nitrogens is 1. The number of aryl methyl sites for hydroxylation is 3. The van der Waals surface area contributed by atoms with Gasteiger partial charge in [0.25, 0.3) is 0 Å². The number of rotatable bonds is 5. The molecule has 0 aliphatic carbocycles. The van der Waals surface area contributed by atoms with Gasteiger partial charge in [0.15, 0.2) is 5.13 Å². The van der Waals surface area contributed by atoms with Crippen LogP contribution in [0.2, 0.25) is 5.02 Å². The molecule has 0 atom stereocenters. The molecule has 0 aliphatic heterocycles. The van der Waals surface area contributed by atoms with Gasteiger partial charge in [-0.1, -0.05) is 35.9 Å². The van der Waals surface area contributed by atoms with E-state index >= 15 is 0 Å². The van der Waals surface area contributed by atoms with Crippen LogP contribution in [0.5, 0.6) is 0 Å². The first-order valence-electron chi connectivity index (χ1n) is 8.09. The SMILES string of the molecule is Cc1ccc(-c2csc(NC(=O)CCc3ccc(Cl)cc3)n2)cc1C. The maximum atomic E-state index is 12.1. The zero-order chi connectivity index (χ0) is 17.8. The average Bonchev–Trinajstić information content (AvgIpc) is 3.05. The van der Waals surface area contributed by atoms with Crippen LogP contribution in [0.3, 0.4) is 0 Å². The van der Waals surface area contributed by atoms with Gasteiger partial charge >= 0.3 is 0 Å². The molecule has 2 aromatic carbocycles. The summed E-state index contributed by atoms with van der Waals surface area (Å²) in [6.07, 6.45) is 1.10. The summed E-state index contributed by atoms with van der Waals surface area (Å²) in [7, 11) is 0. The van der Waals surface area contributed by atoms with E-state index in [9.17, 15) is 4.79 Å². The number of amides is 1. The van der Waals surface area contributed by atoms with Crippen molar-refractivity contribution >= 4 is 34.0 Å². The van der Waals surface area contributed by atoms with Gasteiger partial charge in [0, 0.05) is 22.4 Å². The molecule has 0 radical (unpaired) electrons. The summed E-state index contributed by atoms with van der Waals surface area (Å²) in [6, 6.07) is 13.8. The molecule has 0 fully saturated rings. The zero-order valence-electron chi connectivity index (χ0n) is 14.2. The van der Waals surface area contributed by atoms with Crippen LogP contribution in [-0.2, 0) is 11.2 Å². The Hall–Kier alpha value is -2.17. The van der Waals surface area contributed by atoms with E-state index in [-0.39, 0.29) is 5.91 Å². The summed E-state index contributed by atoms with van der Waals surface area (Å²) in [4.78, 5) is 16.7. The summed E-state index contributed by atoms with van der Waals surface area (Å²) in [5, 5.41) is 6.19. The van der Waals surface area contributed by atoms with Gasteiger partial charge in [0.05, 0.1) is 5.69 Å². The van der Waals surface area contributed by atoms with Crippen LogP contribution in [0.1, 0.15) is 23.1 Å². The second-order valence-electron chi connectivity index (χ2n) is 6.01. The average molecular weight is 371 g/mol. The molecule has 0 saturated heterocycles. The molecule has 3 nitrogen and oxygen atoms in total.